The van der Waals surface area contributed by atoms with E-state index in [-0.39, 0.29) is 0 Å². The van der Waals surface area contributed by atoms with E-state index >= 15 is 0 Å². The second-order valence-electron chi connectivity index (χ2n) is 2.76. The Balaban J connectivity index is 0. The van der Waals surface area contributed by atoms with Crippen LogP contribution in [0.1, 0.15) is 12.8 Å². The molecule has 0 aliphatic heterocycles. The quantitative estimate of drug-likeness (QED) is 0.603. The fourth-order valence-electron chi connectivity index (χ4n) is 0.443. The Morgan fingerprint density at radius 1 is 1.12 bits per heavy atom. The minimum Gasteiger partial charge on any atom is -0.396 e. The Bertz CT molecular complexity index is 276. The standard InChI is InChI=1S/C5H7F5O.CH4O3S/c6-4(7,2-1-3-11)5(8,9)10;1-5(2,3)4/h11H,1-3H2;1H3,(H,2,3,4). The highest BCUT2D eigenvalue weighted by atomic mass is 32.2. The summed E-state index contributed by atoms with van der Waals surface area (Å²) in [4.78, 5) is 0. The number of aliphatic hydroxyl groups is 1. The first-order valence-corrected chi connectivity index (χ1v) is 5.64. The molecule has 4 nitrogen and oxygen atoms in total. The molecule has 0 saturated carbocycles. The van der Waals surface area contributed by atoms with E-state index in [2.05, 4.69) is 0 Å². The van der Waals surface area contributed by atoms with Gasteiger partial charge in [0.25, 0.3) is 10.1 Å². The second kappa shape index (κ2) is 6.30. The average molecular weight is 274 g/mol. The topological polar surface area (TPSA) is 74.6 Å². The molecule has 0 unspecified atom stereocenters. The molecule has 0 amide bonds. The van der Waals surface area contributed by atoms with Crippen LogP contribution in [0.2, 0.25) is 0 Å². The van der Waals surface area contributed by atoms with E-state index in [9.17, 15) is 30.4 Å². The summed E-state index contributed by atoms with van der Waals surface area (Å²) in [7, 11) is -3.67. The van der Waals surface area contributed by atoms with Gasteiger partial charge in [-0.2, -0.15) is 30.4 Å². The van der Waals surface area contributed by atoms with Gasteiger partial charge < -0.3 is 5.11 Å². The zero-order chi connectivity index (χ0) is 13.6. The molecule has 16 heavy (non-hydrogen) atoms. The number of aliphatic hydroxyl groups excluding tert-OH is 1. The lowest BCUT2D eigenvalue weighted by molar-refractivity contribution is -0.284. The molecule has 0 aliphatic carbocycles. The molecule has 0 spiro atoms. The average Bonchev–Trinajstić information content (AvgIpc) is 1.95. The van der Waals surface area contributed by atoms with Gasteiger partial charge in [0, 0.05) is 13.0 Å². The number of rotatable bonds is 3. The Morgan fingerprint density at radius 2 is 1.44 bits per heavy atom. The van der Waals surface area contributed by atoms with Crippen LogP contribution in [0.5, 0.6) is 0 Å². The number of hydrogen-bond acceptors (Lipinski definition) is 3. The third-order valence-corrected chi connectivity index (χ3v) is 1.06. The second-order valence-corrected chi connectivity index (χ2v) is 4.23. The van der Waals surface area contributed by atoms with E-state index in [1.54, 1.807) is 0 Å². The monoisotopic (exact) mass is 274 g/mol. The van der Waals surface area contributed by atoms with Crippen LogP contribution in [0.25, 0.3) is 0 Å². The molecule has 0 fully saturated rings. The van der Waals surface area contributed by atoms with Crippen molar-refractivity contribution in [3.8, 4) is 0 Å². The summed E-state index contributed by atoms with van der Waals surface area (Å²) in [5.41, 5.74) is 0. The molecular formula is C6H11F5O4S. The maximum absolute atomic E-state index is 11.9. The highest BCUT2D eigenvalue weighted by molar-refractivity contribution is 7.85. The highest BCUT2D eigenvalue weighted by Gasteiger charge is 2.56. The maximum atomic E-state index is 11.9. The van der Waals surface area contributed by atoms with E-state index in [0.717, 1.165) is 0 Å². The van der Waals surface area contributed by atoms with E-state index in [4.69, 9.17) is 9.66 Å². The van der Waals surface area contributed by atoms with Crippen LogP contribution >= 0.6 is 0 Å². The Kier molecular flexibility index (Phi) is 7.05. The lowest BCUT2D eigenvalue weighted by Crippen LogP contribution is -2.36. The molecule has 100 valence electrons. The van der Waals surface area contributed by atoms with Crippen molar-refractivity contribution in [3.63, 3.8) is 0 Å². The third kappa shape index (κ3) is 11.6. The van der Waals surface area contributed by atoms with Crippen molar-refractivity contribution in [2.75, 3.05) is 12.9 Å². The lowest BCUT2D eigenvalue weighted by atomic mass is 10.2. The molecule has 0 aromatic heterocycles. The van der Waals surface area contributed by atoms with E-state index in [1.165, 1.54) is 0 Å². The predicted octanol–water partition coefficient (Wildman–Crippen LogP) is 1.46. The Labute approximate surface area is 88.8 Å². The largest absolute Gasteiger partial charge is 0.453 e. The zero-order valence-corrected chi connectivity index (χ0v) is 8.95. The Hall–Kier alpha value is -0.480. The van der Waals surface area contributed by atoms with Crippen molar-refractivity contribution in [2.24, 2.45) is 0 Å². The van der Waals surface area contributed by atoms with Crippen molar-refractivity contribution >= 4 is 10.1 Å². The third-order valence-electron chi connectivity index (χ3n) is 1.06. The summed E-state index contributed by atoms with van der Waals surface area (Å²) >= 11 is 0. The smallest absolute Gasteiger partial charge is 0.396 e. The van der Waals surface area contributed by atoms with Crippen LogP contribution in [-0.2, 0) is 10.1 Å². The predicted molar refractivity (Wildman–Crippen MR) is 44.8 cm³/mol. The van der Waals surface area contributed by atoms with E-state index in [0.29, 0.717) is 6.26 Å². The van der Waals surface area contributed by atoms with Gasteiger partial charge in [0.05, 0.1) is 6.26 Å². The maximum Gasteiger partial charge on any atom is 0.453 e. The summed E-state index contributed by atoms with van der Waals surface area (Å²) in [5.74, 6) is -4.67. The minimum atomic E-state index is -5.50. The number of halogens is 5. The summed E-state index contributed by atoms with van der Waals surface area (Å²) in [6.07, 6.45) is -6.69. The molecule has 0 aromatic carbocycles. The van der Waals surface area contributed by atoms with Crippen LogP contribution < -0.4 is 0 Å². The van der Waals surface area contributed by atoms with Gasteiger partial charge in [-0.15, -0.1) is 0 Å². The molecule has 0 saturated heterocycles. The normalized spacial score (nSPS) is 13.0. The molecule has 0 atom stereocenters. The van der Waals surface area contributed by atoms with Crippen LogP contribution in [0, 0.1) is 0 Å². The molecule has 0 rings (SSSR count). The van der Waals surface area contributed by atoms with E-state index in [1.807, 2.05) is 0 Å². The van der Waals surface area contributed by atoms with E-state index < -0.39 is 41.7 Å². The molecule has 0 radical (unpaired) electrons. The summed E-state index contributed by atoms with van der Waals surface area (Å²) < 4.78 is 83.6. The van der Waals surface area contributed by atoms with Crippen LogP contribution in [0.3, 0.4) is 0 Å². The van der Waals surface area contributed by atoms with Crippen molar-refractivity contribution < 1.29 is 40.0 Å². The van der Waals surface area contributed by atoms with Crippen LogP contribution in [-0.4, -0.2) is 43.0 Å². The van der Waals surface area contributed by atoms with Crippen molar-refractivity contribution in [3.05, 3.63) is 0 Å². The summed E-state index contributed by atoms with van der Waals surface area (Å²) in [6.45, 7) is -0.661. The summed E-state index contributed by atoms with van der Waals surface area (Å²) in [5, 5.41) is 7.99. The van der Waals surface area contributed by atoms with Gasteiger partial charge in [0.2, 0.25) is 0 Å². The van der Waals surface area contributed by atoms with Gasteiger partial charge in [-0.1, -0.05) is 0 Å². The van der Waals surface area contributed by atoms with Gasteiger partial charge in [0.1, 0.15) is 0 Å². The molecule has 10 heteroatoms. The first-order valence-electron chi connectivity index (χ1n) is 3.79. The molecule has 0 bridgehead atoms. The number of hydrogen-bond donors (Lipinski definition) is 2. The van der Waals surface area contributed by atoms with Crippen molar-refractivity contribution in [1.29, 1.82) is 0 Å². The lowest BCUT2D eigenvalue weighted by Gasteiger charge is -2.18. The molecule has 0 aromatic rings. The number of alkyl halides is 5. The molecule has 0 heterocycles. The van der Waals surface area contributed by atoms with Gasteiger partial charge in [-0.25, -0.2) is 0 Å². The van der Waals surface area contributed by atoms with Gasteiger partial charge in [0.15, 0.2) is 0 Å². The molecule has 0 aliphatic rings. The van der Waals surface area contributed by atoms with Crippen LogP contribution in [0.15, 0.2) is 0 Å². The minimum absolute atomic E-state index is 0.549. The summed E-state index contributed by atoms with van der Waals surface area (Å²) in [6, 6.07) is 0. The molecule has 2 N–H and O–H groups in total. The molecular weight excluding hydrogens is 263 g/mol. The fourth-order valence-corrected chi connectivity index (χ4v) is 0.443. The fraction of sp³-hybridized carbons (Fsp3) is 1.00. The van der Waals surface area contributed by atoms with Crippen molar-refractivity contribution in [1.82, 2.24) is 0 Å². The van der Waals surface area contributed by atoms with Gasteiger partial charge >= 0.3 is 12.1 Å². The first kappa shape index (κ1) is 17.9. The van der Waals surface area contributed by atoms with Gasteiger partial charge in [-0.05, 0) is 6.42 Å². The zero-order valence-electron chi connectivity index (χ0n) is 8.13. The highest BCUT2D eigenvalue weighted by Crippen LogP contribution is 2.38. The van der Waals surface area contributed by atoms with Gasteiger partial charge in [-0.3, -0.25) is 4.55 Å². The van der Waals surface area contributed by atoms with Crippen LogP contribution in [0.4, 0.5) is 22.0 Å². The Morgan fingerprint density at radius 3 is 1.62 bits per heavy atom. The van der Waals surface area contributed by atoms with Crippen molar-refractivity contribution in [2.45, 2.75) is 24.9 Å². The SMILES string of the molecule is CS(=O)(=O)O.OCCCC(F)(F)C(F)(F)F. The first-order chi connectivity index (χ1) is 6.81.